The van der Waals surface area contributed by atoms with Crippen LogP contribution < -0.4 is 16.6 Å². The number of rotatable bonds is 4. The fraction of sp³-hybridized carbons (Fsp3) is 0.444. The van der Waals surface area contributed by atoms with Crippen molar-refractivity contribution < 1.29 is 23.3 Å². The first-order valence-corrected chi connectivity index (χ1v) is 9.88. The van der Waals surface area contributed by atoms with Gasteiger partial charge in [0.2, 0.25) is 0 Å². The molecule has 3 aliphatic rings. The number of quaternary nitrogens is 1. The number of hydrogen-bond acceptors (Lipinski definition) is 8. The van der Waals surface area contributed by atoms with E-state index in [9.17, 15) is 19.2 Å². The van der Waals surface area contributed by atoms with E-state index < -0.39 is 17.3 Å². The smallest absolute Gasteiger partial charge is 0.421 e. The van der Waals surface area contributed by atoms with Crippen LogP contribution in [0.1, 0.15) is 12.8 Å². The molecule has 3 aromatic rings. The van der Waals surface area contributed by atoms with E-state index in [4.69, 9.17) is 9.26 Å². The van der Waals surface area contributed by atoms with Gasteiger partial charge >= 0.3 is 11.8 Å². The first-order chi connectivity index (χ1) is 14.9. The first-order valence-electron chi connectivity index (χ1n) is 9.88. The summed E-state index contributed by atoms with van der Waals surface area (Å²) in [5.74, 6) is 0.366. The van der Waals surface area contributed by atoms with Crippen molar-refractivity contribution in [3.05, 3.63) is 39.5 Å². The molecule has 31 heavy (non-hydrogen) atoms. The van der Waals surface area contributed by atoms with Gasteiger partial charge in [-0.15, -0.1) is 0 Å². The van der Waals surface area contributed by atoms with E-state index in [2.05, 4.69) is 25.4 Å². The number of anilines is 1. The molecule has 162 valence electrons. The predicted octanol–water partition coefficient (Wildman–Crippen LogP) is -0.367. The highest BCUT2D eigenvalue weighted by Gasteiger charge is 2.48. The molecular formula is C18H20N7O6+. The number of fused-ring (bicyclic) bond motifs is 4. The van der Waals surface area contributed by atoms with Gasteiger partial charge in [0.15, 0.2) is 29.6 Å². The normalized spacial score (nSPS) is 24.9. The maximum absolute atomic E-state index is 12.8. The molecule has 13 nitrogen and oxygen atoms in total. The summed E-state index contributed by atoms with van der Waals surface area (Å²) in [6.45, 7) is 2.39. The Morgan fingerprint density at radius 1 is 1.29 bits per heavy atom. The molecule has 0 aromatic carbocycles. The van der Waals surface area contributed by atoms with E-state index in [0.29, 0.717) is 16.8 Å². The zero-order valence-electron chi connectivity index (χ0n) is 16.4. The largest absolute Gasteiger partial charge is 0.439 e. The number of nitrogens with one attached hydrogen (secondary N) is 3. The number of aromatic nitrogens is 5. The summed E-state index contributed by atoms with van der Waals surface area (Å²) >= 11 is 0. The fourth-order valence-corrected chi connectivity index (χ4v) is 4.60. The van der Waals surface area contributed by atoms with Crippen LogP contribution in [-0.2, 0) is 9.53 Å². The van der Waals surface area contributed by atoms with Crippen LogP contribution in [-0.4, -0.2) is 73.4 Å². The monoisotopic (exact) mass is 430 g/mol. The minimum absolute atomic E-state index is 0.0177. The van der Waals surface area contributed by atoms with Crippen molar-refractivity contribution in [2.24, 2.45) is 5.92 Å². The maximum Gasteiger partial charge on any atom is 0.421 e. The third-order valence-corrected chi connectivity index (χ3v) is 6.12. The zero-order valence-corrected chi connectivity index (χ0v) is 16.4. The van der Waals surface area contributed by atoms with Gasteiger partial charge in [0.05, 0.1) is 13.1 Å². The number of piperidine rings is 3. The lowest BCUT2D eigenvalue weighted by molar-refractivity contribution is -0.938. The van der Waals surface area contributed by atoms with Gasteiger partial charge in [0, 0.05) is 24.8 Å². The summed E-state index contributed by atoms with van der Waals surface area (Å²) in [5.41, 5.74) is -1.50. The summed E-state index contributed by atoms with van der Waals surface area (Å²) in [5, 5.41) is 6.39. The first kappa shape index (κ1) is 19.2. The summed E-state index contributed by atoms with van der Waals surface area (Å²) in [4.78, 5) is 57.0. The molecule has 3 aromatic heterocycles. The Morgan fingerprint density at radius 3 is 2.84 bits per heavy atom. The number of hydrogen-bond donors (Lipinski definition) is 3. The van der Waals surface area contributed by atoms with Crippen LogP contribution in [0.25, 0.3) is 11.2 Å². The second kappa shape index (κ2) is 7.19. The molecule has 2 bridgehead atoms. The summed E-state index contributed by atoms with van der Waals surface area (Å²) in [6, 6.07) is 1.57. The van der Waals surface area contributed by atoms with Crippen molar-refractivity contribution in [3.63, 3.8) is 0 Å². The molecule has 1 atom stereocenters. The van der Waals surface area contributed by atoms with Gasteiger partial charge in [-0.3, -0.25) is 19.6 Å². The molecule has 0 spiro atoms. The zero-order chi connectivity index (χ0) is 21.6. The number of nitrogens with zero attached hydrogens (tertiary/aromatic N) is 4. The molecule has 0 saturated carbocycles. The maximum atomic E-state index is 12.8. The number of ether oxygens (including phenoxy) is 1. The molecule has 3 fully saturated rings. The van der Waals surface area contributed by atoms with Crippen LogP contribution in [0.3, 0.4) is 0 Å². The van der Waals surface area contributed by atoms with Crippen molar-refractivity contribution in [2.45, 2.75) is 18.9 Å². The number of carbonyl (C=O) groups is 2. The number of imidazole rings is 1. The molecule has 0 unspecified atom stereocenters. The minimum atomic E-state index is -0.738. The topological polar surface area (TPSA) is 165 Å². The average molecular weight is 430 g/mol. The van der Waals surface area contributed by atoms with Gasteiger partial charge in [0.25, 0.3) is 11.5 Å². The Bertz CT molecular complexity index is 1250. The summed E-state index contributed by atoms with van der Waals surface area (Å²) in [7, 11) is 0. The predicted molar refractivity (Wildman–Crippen MR) is 104 cm³/mol. The summed E-state index contributed by atoms with van der Waals surface area (Å²) < 4.78 is 12.0. The van der Waals surface area contributed by atoms with E-state index in [1.54, 1.807) is 6.07 Å². The number of H-pyrrole nitrogens is 2. The van der Waals surface area contributed by atoms with Crippen LogP contribution in [0.4, 0.5) is 10.6 Å². The average Bonchev–Trinajstić information content (AvgIpc) is 3.38. The number of amides is 1. The van der Waals surface area contributed by atoms with Gasteiger partial charge in [-0.1, -0.05) is 5.16 Å². The van der Waals surface area contributed by atoms with Crippen LogP contribution in [0.5, 0.6) is 0 Å². The second-order valence-electron chi connectivity index (χ2n) is 8.04. The van der Waals surface area contributed by atoms with E-state index in [1.165, 1.54) is 6.26 Å². The standard InChI is InChI=1S/C18H19N7O6/c26-13(20-12-3-6-30-23-12)8-25-4-1-10(2-5-25)11(7-25)31-18(29)24-9-19-14-15(24)21-17(28)22-16(14)27/h3,6,9-11H,1-2,4-5,7-8H2,(H2-,20,21,22,23,26,27,28)/p+1/t10?,11-,25?/m0/s1. The van der Waals surface area contributed by atoms with Gasteiger partial charge in [-0.25, -0.2) is 19.1 Å². The van der Waals surface area contributed by atoms with Crippen LogP contribution in [0.2, 0.25) is 0 Å². The van der Waals surface area contributed by atoms with Gasteiger partial charge in [0.1, 0.15) is 19.1 Å². The van der Waals surface area contributed by atoms with Crippen LogP contribution in [0, 0.1) is 5.92 Å². The third-order valence-electron chi connectivity index (χ3n) is 6.12. The molecular weight excluding hydrogens is 410 g/mol. The quantitative estimate of drug-likeness (QED) is 0.472. The molecule has 3 aliphatic heterocycles. The lowest BCUT2D eigenvalue weighted by Crippen LogP contribution is -2.66. The van der Waals surface area contributed by atoms with Gasteiger partial charge in [-0.2, -0.15) is 0 Å². The Balaban J connectivity index is 1.31. The third kappa shape index (κ3) is 3.52. The Labute approximate surface area is 173 Å². The van der Waals surface area contributed by atoms with Crippen molar-refractivity contribution in [1.82, 2.24) is 24.7 Å². The SMILES string of the molecule is O=C(C[N+]12CCC(CC1)[C@@H](OC(=O)n1cnc3c(=O)[nH]c(=O)[nH]c31)C2)Nc1ccon1. The van der Waals surface area contributed by atoms with Crippen LogP contribution >= 0.6 is 0 Å². The molecule has 0 radical (unpaired) electrons. The molecule has 0 aliphatic carbocycles. The lowest BCUT2D eigenvalue weighted by Gasteiger charge is -2.51. The molecule has 6 rings (SSSR count). The van der Waals surface area contributed by atoms with E-state index in [0.717, 1.165) is 36.8 Å². The highest BCUT2D eigenvalue weighted by Crippen LogP contribution is 2.35. The van der Waals surface area contributed by atoms with E-state index >= 15 is 0 Å². The van der Waals surface area contributed by atoms with Gasteiger partial charge in [-0.05, 0) is 0 Å². The van der Waals surface area contributed by atoms with Crippen molar-refractivity contribution in [2.75, 3.05) is 31.5 Å². The van der Waals surface area contributed by atoms with E-state index in [-0.39, 0.29) is 35.6 Å². The fourth-order valence-electron chi connectivity index (χ4n) is 4.60. The molecule has 13 heteroatoms. The Morgan fingerprint density at radius 2 is 2.10 bits per heavy atom. The van der Waals surface area contributed by atoms with Crippen LogP contribution in [0.15, 0.2) is 32.8 Å². The van der Waals surface area contributed by atoms with Crippen molar-refractivity contribution >= 4 is 29.0 Å². The molecule has 3 saturated heterocycles. The van der Waals surface area contributed by atoms with Crippen molar-refractivity contribution in [3.8, 4) is 0 Å². The Hall–Kier alpha value is -3.74. The lowest BCUT2D eigenvalue weighted by atomic mass is 9.83. The Kier molecular flexibility index (Phi) is 4.46. The minimum Gasteiger partial charge on any atom is -0.439 e. The highest BCUT2D eigenvalue weighted by atomic mass is 16.6. The molecule has 1 amide bonds. The number of aromatic amines is 2. The summed E-state index contributed by atoms with van der Waals surface area (Å²) in [6.07, 6.45) is 3.07. The highest BCUT2D eigenvalue weighted by molar-refractivity contribution is 5.90. The molecule has 6 heterocycles. The second-order valence-corrected chi connectivity index (χ2v) is 8.04. The van der Waals surface area contributed by atoms with Crippen molar-refractivity contribution in [1.29, 1.82) is 0 Å². The molecule has 3 N–H and O–H groups in total. The van der Waals surface area contributed by atoms with Gasteiger partial charge < -0.3 is 19.1 Å². The van der Waals surface area contributed by atoms with E-state index in [1.807, 2.05) is 0 Å². The number of carbonyl (C=O) groups excluding carboxylic acids is 2.